The lowest BCUT2D eigenvalue weighted by atomic mass is 9.97. The average molecular weight is 377 g/mol. The maximum Gasteiger partial charge on any atom is 0.194 e. The van der Waals surface area contributed by atoms with Gasteiger partial charge in [0.15, 0.2) is 5.96 Å². The van der Waals surface area contributed by atoms with Crippen LogP contribution in [0.5, 0.6) is 0 Å². The van der Waals surface area contributed by atoms with Gasteiger partial charge in [-0.25, -0.2) is 4.39 Å². The second kappa shape index (κ2) is 9.51. The summed E-state index contributed by atoms with van der Waals surface area (Å²) in [6.45, 7) is 9.79. The first-order chi connectivity index (χ1) is 13.0. The summed E-state index contributed by atoms with van der Waals surface area (Å²) in [5.41, 5.74) is 1.01. The van der Waals surface area contributed by atoms with Gasteiger partial charge in [-0.05, 0) is 70.4 Å². The summed E-state index contributed by atoms with van der Waals surface area (Å²) in [5, 5.41) is 3.45. The molecule has 2 atom stereocenters. The van der Waals surface area contributed by atoms with Crippen molar-refractivity contribution in [1.29, 1.82) is 0 Å². The van der Waals surface area contributed by atoms with E-state index in [-0.39, 0.29) is 18.0 Å². The van der Waals surface area contributed by atoms with E-state index in [0.717, 1.165) is 50.8 Å². The molecule has 6 heteroatoms. The molecule has 1 aromatic carbocycles. The van der Waals surface area contributed by atoms with Crippen molar-refractivity contribution in [3.63, 3.8) is 0 Å². The van der Waals surface area contributed by atoms with Crippen LogP contribution in [0.15, 0.2) is 29.3 Å². The first kappa shape index (κ1) is 20.1. The van der Waals surface area contributed by atoms with Gasteiger partial charge in [0, 0.05) is 19.6 Å². The Kier molecular flexibility index (Phi) is 7.07. The third-order valence-corrected chi connectivity index (χ3v) is 5.47. The Balaban J connectivity index is 1.67. The molecule has 0 bridgehead atoms. The molecule has 0 aliphatic carbocycles. The van der Waals surface area contributed by atoms with Crippen LogP contribution in [-0.4, -0.2) is 68.2 Å². The van der Waals surface area contributed by atoms with Gasteiger partial charge >= 0.3 is 0 Å². The van der Waals surface area contributed by atoms with E-state index >= 15 is 0 Å². The highest BCUT2D eigenvalue weighted by Gasteiger charge is 2.28. The van der Waals surface area contributed by atoms with E-state index in [9.17, 15) is 4.39 Å². The molecule has 5 nitrogen and oxygen atoms in total. The molecular weight excluding hydrogens is 343 g/mol. The number of rotatable bonds is 4. The van der Waals surface area contributed by atoms with Gasteiger partial charge in [-0.2, -0.15) is 0 Å². The van der Waals surface area contributed by atoms with Crippen LogP contribution < -0.4 is 5.32 Å². The number of nitrogens with zero attached hydrogens (tertiary/aromatic N) is 3. The van der Waals surface area contributed by atoms with E-state index in [1.54, 1.807) is 0 Å². The van der Waals surface area contributed by atoms with Gasteiger partial charge in [0.25, 0.3) is 0 Å². The Hall–Kier alpha value is -1.66. The van der Waals surface area contributed by atoms with Crippen molar-refractivity contribution >= 4 is 5.96 Å². The highest BCUT2D eigenvalue weighted by Crippen LogP contribution is 2.25. The zero-order valence-electron chi connectivity index (χ0n) is 16.8. The van der Waals surface area contributed by atoms with Crippen molar-refractivity contribution in [2.45, 2.75) is 38.9 Å². The number of benzene rings is 1. The van der Waals surface area contributed by atoms with E-state index in [2.05, 4.69) is 36.0 Å². The average Bonchev–Trinajstić information content (AvgIpc) is 2.66. The van der Waals surface area contributed by atoms with Crippen LogP contribution >= 0.6 is 0 Å². The molecule has 1 aromatic rings. The van der Waals surface area contributed by atoms with Crippen LogP contribution in [0.2, 0.25) is 0 Å². The fourth-order valence-electron chi connectivity index (χ4n) is 3.87. The molecule has 2 fully saturated rings. The number of morpholine rings is 1. The molecule has 2 unspecified atom stereocenters. The third-order valence-electron chi connectivity index (χ3n) is 5.47. The van der Waals surface area contributed by atoms with Gasteiger partial charge < -0.3 is 19.9 Å². The molecule has 0 amide bonds. The van der Waals surface area contributed by atoms with E-state index < -0.39 is 0 Å². The summed E-state index contributed by atoms with van der Waals surface area (Å²) in [4.78, 5) is 9.64. The maximum atomic E-state index is 13.3. The van der Waals surface area contributed by atoms with Crippen LogP contribution in [0.4, 0.5) is 4.39 Å². The number of nitrogens with one attached hydrogen (secondary N) is 1. The van der Waals surface area contributed by atoms with Gasteiger partial charge in [0.2, 0.25) is 0 Å². The van der Waals surface area contributed by atoms with Crippen LogP contribution in [0, 0.1) is 11.7 Å². The highest BCUT2D eigenvalue weighted by molar-refractivity contribution is 5.80. The van der Waals surface area contributed by atoms with Crippen molar-refractivity contribution < 1.29 is 9.13 Å². The number of halogens is 1. The summed E-state index contributed by atoms with van der Waals surface area (Å²) < 4.78 is 19.4. The smallest absolute Gasteiger partial charge is 0.194 e. The van der Waals surface area contributed by atoms with Crippen LogP contribution in [0.25, 0.3) is 0 Å². The van der Waals surface area contributed by atoms with Crippen molar-refractivity contribution in [1.82, 2.24) is 15.1 Å². The van der Waals surface area contributed by atoms with Crippen molar-refractivity contribution in [2.24, 2.45) is 10.9 Å². The molecule has 2 aliphatic rings. The number of aliphatic imine (C=N–C) groups is 1. The molecule has 27 heavy (non-hydrogen) atoms. The number of likely N-dealkylation sites (tertiary alicyclic amines) is 1. The quantitative estimate of drug-likeness (QED) is 0.648. The van der Waals surface area contributed by atoms with Crippen LogP contribution in [0.3, 0.4) is 0 Å². The van der Waals surface area contributed by atoms with E-state index in [0.29, 0.717) is 5.92 Å². The Morgan fingerprint density at radius 1 is 1.22 bits per heavy atom. The zero-order valence-corrected chi connectivity index (χ0v) is 16.8. The summed E-state index contributed by atoms with van der Waals surface area (Å²) in [7, 11) is 2.19. The molecular formula is C21H33FN4O. The number of hydrogen-bond acceptors (Lipinski definition) is 3. The molecule has 2 heterocycles. The fraction of sp³-hybridized carbons (Fsp3) is 0.667. The summed E-state index contributed by atoms with van der Waals surface area (Å²) in [6.07, 6.45) is 2.47. The summed E-state index contributed by atoms with van der Waals surface area (Å²) in [5.74, 6) is 1.42. The van der Waals surface area contributed by atoms with Crippen LogP contribution in [-0.2, 0) is 4.74 Å². The third kappa shape index (κ3) is 5.66. The normalized spacial score (nSPS) is 25.6. The fourth-order valence-corrected chi connectivity index (χ4v) is 3.87. The first-order valence-electron chi connectivity index (χ1n) is 10.2. The Labute approximate surface area is 162 Å². The SMILES string of the molecule is CCNC(=NCC1CCN(C)CC1)N1CC(C)OC(c2ccc(F)cc2)C1. The van der Waals surface area contributed by atoms with E-state index in [4.69, 9.17) is 9.73 Å². The van der Waals surface area contributed by atoms with E-state index in [1.807, 2.05) is 12.1 Å². The molecule has 150 valence electrons. The molecule has 0 saturated carbocycles. The number of guanidine groups is 1. The molecule has 0 spiro atoms. The zero-order chi connectivity index (χ0) is 19.2. The summed E-state index contributed by atoms with van der Waals surface area (Å²) in [6, 6.07) is 6.64. The van der Waals surface area contributed by atoms with Crippen molar-refractivity contribution in [3.05, 3.63) is 35.6 Å². The van der Waals surface area contributed by atoms with E-state index in [1.165, 1.54) is 25.0 Å². The maximum absolute atomic E-state index is 13.3. The lowest BCUT2D eigenvalue weighted by molar-refractivity contribution is -0.0605. The van der Waals surface area contributed by atoms with Gasteiger partial charge in [-0.15, -0.1) is 0 Å². The minimum absolute atomic E-state index is 0.0680. The van der Waals surface area contributed by atoms with Crippen LogP contribution in [0.1, 0.15) is 38.4 Å². The molecule has 0 radical (unpaired) electrons. The number of hydrogen-bond donors (Lipinski definition) is 1. The standard InChI is InChI=1S/C21H33FN4O/c1-4-23-21(24-13-17-9-11-25(3)12-10-17)26-14-16(2)27-20(15-26)18-5-7-19(22)8-6-18/h5-8,16-17,20H,4,9-15H2,1-3H3,(H,23,24). The summed E-state index contributed by atoms with van der Waals surface area (Å²) >= 11 is 0. The Morgan fingerprint density at radius 2 is 1.93 bits per heavy atom. The van der Waals surface area contributed by atoms with Gasteiger partial charge in [0.05, 0.1) is 12.6 Å². The molecule has 3 rings (SSSR count). The van der Waals surface area contributed by atoms with Gasteiger partial charge in [0.1, 0.15) is 11.9 Å². The van der Waals surface area contributed by atoms with Gasteiger partial charge in [-0.3, -0.25) is 4.99 Å². The van der Waals surface area contributed by atoms with Crippen molar-refractivity contribution in [3.8, 4) is 0 Å². The Morgan fingerprint density at radius 3 is 2.59 bits per heavy atom. The predicted octanol–water partition coefficient (Wildman–Crippen LogP) is 2.89. The second-order valence-corrected chi connectivity index (χ2v) is 7.83. The molecule has 1 N–H and O–H groups in total. The van der Waals surface area contributed by atoms with Gasteiger partial charge in [-0.1, -0.05) is 12.1 Å². The molecule has 2 saturated heterocycles. The predicted molar refractivity (Wildman–Crippen MR) is 107 cm³/mol. The largest absolute Gasteiger partial charge is 0.367 e. The minimum Gasteiger partial charge on any atom is -0.367 e. The highest BCUT2D eigenvalue weighted by atomic mass is 19.1. The number of piperidine rings is 1. The number of ether oxygens (including phenoxy) is 1. The first-order valence-corrected chi connectivity index (χ1v) is 10.2. The molecule has 0 aromatic heterocycles. The molecule has 2 aliphatic heterocycles. The second-order valence-electron chi connectivity index (χ2n) is 7.83. The monoisotopic (exact) mass is 376 g/mol. The van der Waals surface area contributed by atoms with Crippen molar-refractivity contribution in [2.75, 3.05) is 46.3 Å². The lowest BCUT2D eigenvalue weighted by Gasteiger charge is -2.39. The lowest BCUT2D eigenvalue weighted by Crippen LogP contribution is -2.51. The Bertz CT molecular complexity index is 613. The minimum atomic E-state index is -0.215. The topological polar surface area (TPSA) is 40.1 Å².